The summed E-state index contributed by atoms with van der Waals surface area (Å²) in [5.74, 6) is 0. The summed E-state index contributed by atoms with van der Waals surface area (Å²) >= 11 is 0. The Morgan fingerprint density at radius 3 is 2.90 bits per heavy atom. The van der Waals surface area contributed by atoms with E-state index in [4.69, 9.17) is 5.73 Å². The van der Waals surface area contributed by atoms with Crippen molar-refractivity contribution in [3.8, 4) is 0 Å². The van der Waals surface area contributed by atoms with Gasteiger partial charge >= 0.3 is 0 Å². The molecule has 1 radical (unpaired) electrons. The molecule has 10 heavy (non-hydrogen) atoms. The average Bonchev–Trinajstić information content (AvgIpc) is 2.05. The van der Waals surface area contributed by atoms with Crippen LogP contribution in [0, 0.1) is 6.07 Å². The van der Waals surface area contributed by atoms with Gasteiger partial charge in [-0.25, -0.2) is 0 Å². The van der Waals surface area contributed by atoms with Gasteiger partial charge in [0.05, 0.1) is 6.04 Å². The van der Waals surface area contributed by atoms with Gasteiger partial charge in [-0.2, -0.15) is 0 Å². The quantitative estimate of drug-likeness (QED) is 0.604. The molecule has 0 bridgehead atoms. The molecule has 1 unspecified atom stereocenters. The molecule has 2 heteroatoms. The Morgan fingerprint density at radius 2 is 2.40 bits per heavy atom. The Kier molecular flexibility index (Phi) is 2.18. The average molecular weight is 134 g/mol. The van der Waals surface area contributed by atoms with E-state index in [9.17, 15) is 4.79 Å². The van der Waals surface area contributed by atoms with Crippen LogP contribution in [0.3, 0.4) is 0 Å². The van der Waals surface area contributed by atoms with Gasteiger partial charge in [-0.05, 0) is 11.6 Å². The highest BCUT2D eigenvalue weighted by Crippen LogP contribution is 2.04. The molecule has 1 aromatic carbocycles. The van der Waals surface area contributed by atoms with Crippen molar-refractivity contribution in [2.45, 2.75) is 6.04 Å². The predicted molar refractivity (Wildman–Crippen MR) is 38.3 cm³/mol. The van der Waals surface area contributed by atoms with E-state index in [1.54, 1.807) is 12.1 Å². The highest BCUT2D eigenvalue weighted by atomic mass is 16.1. The summed E-state index contributed by atoms with van der Waals surface area (Å²) in [5.41, 5.74) is 6.13. The zero-order valence-electron chi connectivity index (χ0n) is 5.45. The lowest BCUT2D eigenvalue weighted by Gasteiger charge is -2.00. The number of aldehydes is 1. The summed E-state index contributed by atoms with van der Waals surface area (Å²) in [4.78, 5) is 10.2. The fourth-order valence-corrected chi connectivity index (χ4v) is 0.688. The van der Waals surface area contributed by atoms with Crippen LogP contribution in [0.5, 0.6) is 0 Å². The van der Waals surface area contributed by atoms with Crippen LogP contribution < -0.4 is 5.73 Å². The molecule has 51 valence electrons. The summed E-state index contributed by atoms with van der Waals surface area (Å²) < 4.78 is 0. The van der Waals surface area contributed by atoms with Crippen molar-refractivity contribution in [1.82, 2.24) is 0 Å². The van der Waals surface area contributed by atoms with Crippen LogP contribution in [-0.4, -0.2) is 6.29 Å². The number of rotatable bonds is 2. The largest absolute Gasteiger partial charge is 0.318 e. The minimum Gasteiger partial charge on any atom is -0.318 e. The Balaban J connectivity index is 2.84. The van der Waals surface area contributed by atoms with Crippen molar-refractivity contribution in [2.75, 3.05) is 0 Å². The number of benzene rings is 1. The second-order valence-corrected chi connectivity index (χ2v) is 1.98. The van der Waals surface area contributed by atoms with Crippen LogP contribution in [0.4, 0.5) is 0 Å². The highest BCUT2D eigenvalue weighted by molar-refractivity contribution is 5.60. The predicted octanol–water partition coefficient (Wildman–Crippen LogP) is 0.685. The highest BCUT2D eigenvalue weighted by Gasteiger charge is 2.00. The van der Waals surface area contributed by atoms with E-state index < -0.39 is 6.04 Å². The molecule has 0 saturated carbocycles. The van der Waals surface area contributed by atoms with E-state index in [0.29, 0.717) is 6.29 Å². The maximum absolute atomic E-state index is 10.2. The van der Waals surface area contributed by atoms with Gasteiger partial charge in [-0.15, -0.1) is 0 Å². The number of carbonyl (C=O) groups excluding carboxylic acids is 1. The molecule has 0 heterocycles. The SMILES string of the molecule is NC(C=O)c1[c]cccc1. The Morgan fingerprint density at radius 1 is 1.60 bits per heavy atom. The minimum atomic E-state index is -0.527. The molecule has 0 amide bonds. The van der Waals surface area contributed by atoms with Crippen LogP contribution >= 0.6 is 0 Å². The molecule has 1 rings (SSSR count). The lowest BCUT2D eigenvalue weighted by molar-refractivity contribution is -0.109. The van der Waals surface area contributed by atoms with Gasteiger partial charge in [0.1, 0.15) is 6.29 Å². The second-order valence-electron chi connectivity index (χ2n) is 1.98. The summed E-state index contributed by atoms with van der Waals surface area (Å²) in [6.07, 6.45) is 0.700. The molecule has 0 fully saturated rings. The molecule has 1 atom stereocenters. The van der Waals surface area contributed by atoms with Crippen LogP contribution in [0.25, 0.3) is 0 Å². The Labute approximate surface area is 59.7 Å². The maximum Gasteiger partial charge on any atom is 0.141 e. The van der Waals surface area contributed by atoms with Gasteiger partial charge < -0.3 is 10.5 Å². The van der Waals surface area contributed by atoms with Crippen molar-refractivity contribution < 1.29 is 4.79 Å². The molecule has 2 nitrogen and oxygen atoms in total. The lowest BCUT2D eigenvalue weighted by Crippen LogP contribution is -2.10. The molecule has 0 aliphatic rings. The first kappa shape index (κ1) is 6.96. The van der Waals surface area contributed by atoms with Crippen molar-refractivity contribution in [3.63, 3.8) is 0 Å². The lowest BCUT2D eigenvalue weighted by atomic mass is 10.1. The van der Waals surface area contributed by atoms with Crippen LogP contribution in [0.2, 0.25) is 0 Å². The molecule has 2 N–H and O–H groups in total. The third-order valence-corrected chi connectivity index (χ3v) is 1.24. The third kappa shape index (κ3) is 1.42. The van der Waals surface area contributed by atoms with Gasteiger partial charge in [0.15, 0.2) is 0 Å². The first-order valence-corrected chi connectivity index (χ1v) is 3.02. The minimum absolute atomic E-state index is 0.527. The monoisotopic (exact) mass is 134 g/mol. The zero-order valence-corrected chi connectivity index (χ0v) is 5.45. The second kappa shape index (κ2) is 3.13. The smallest absolute Gasteiger partial charge is 0.141 e. The van der Waals surface area contributed by atoms with Gasteiger partial charge in [0.25, 0.3) is 0 Å². The van der Waals surface area contributed by atoms with E-state index in [1.807, 2.05) is 12.1 Å². The molecular weight excluding hydrogens is 126 g/mol. The summed E-state index contributed by atoms with van der Waals surface area (Å²) in [6, 6.07) is 9.51. The summed E-state index contributed by atoms with van der Waals surface area (Å²) in [5, 5.41) is 0. The Bertz CT molecular complexity index is 208. The molecule has 0 aliphatic heterocycles. The van der Waals surface area contributed by atoms with E-state index in [1.165, 1.54) is 0 Å². The van der Waals surface area contributed by atoms with Gasteiger partial charge in [0.2, 0.25) is 0 Å². The van der Waals surface area contributed by atoms with E-state index in [2.05, 4.69) is 6.07 Å². The molecule has 1 aromatic rings. The normalized spacial score (nSPS) is 12.5. The van der Waals surface area contributed by atoms with Crippen molar-refractivity contribution in [3.05, 3.63) is 35.9 Å². The molecule has 0 saturated heterocycles. The zero-order chi connectivity index (χ0) is 7.40. The summed E-state index contributed by atoms with van der Waals surface area (Å²) in [6.45, 7) is 0. The van der Waals surface area contributed by atoms with Crippen molar-refractivity contribution >= 4 is 6.29 Å². The fourth-order valence-electron chi connectivity index (χ4n) is 0.688. The maximum atomic E-state index is 10.2. The summed E-state index contributed by atoms with van der Waals surface area (Å²) in [7, 11) is 0. The van der Waals surface area contributed by atoms with Gasteiger partial charge in [0, 0.05) is 0 Å². The van der Waals surface area contributed by atoms with Crippen molar-refractivity contribution in [2.24, 2.45) is 5.73 Å². The van der Waals surface area contributed by atoms with E-state index in [0.717, 1.165) is 5.56 Å². The van der Waals surface area contributed by atoms with Crippen LogP contribution in [-0.2, 0) is 4.79 Å². The number of carbonyl (C=O) groups is 1. The number of hydrogen-bond donors (Lipinski definition) is 1. The fraction of sp³-hybridized carbons (Fsp3) is 0.125. The molecule has 0 aromatic heterocycles. The number of hydrogen-bond acceptors (Lipinski definition) is 2. The number of nitrogens with two attached hydrogens (primary N) is 1. The Hall–Kier alpha value is -1.15. The van der Waals surface area contributed by atoms with Gasteiger partial charge in [-0.1, -0.05) is 24.3 Å². The standard InChI is InChI=1S/C8H8NO/c9-8(6-10)7-4-2-1-3-5-7/h1-4,6,8H,9H2. The molecule has 0 spiro atoms. The van der Waals surface area contributed by atoms with E-state index >= 15 is 0 Å². The molecular formula is C8H8NO. The van der Waals surface area contributed by atoms with Crippen LogP contribution in [0.1, 0.15) is 11.6 Å². The first-order chi connectivity index (χ1) is 4.84. The van der Waals surface area contributed by atoms with Crippen LogP contribution in [0.15, 0.2) is 24.3 Å². The van der Waals surface area contributed by atoms with Crippen molar-refractivity contribution in [1.29, 1.82) is 0 Å². The topological polar surface area (TPSA) is 43.1 Å². The van der Waals surface area contributed by atoms with E-state index in [-0.39, 0.29) is 0 Å². The third-order valence-electron chi connectivity index (χ3n) is 1.24. The first-order valence-electron chi connectivity index (χ1n) is 3.02. The molecule has 0 aliphatic carbocycles. The van der Waals surface area contributed by atoms with Gasteiger partial charge in [-0.3, -0.25) is 0 Å².